The number of hydrogen-bond acceptors (Lipinski definition) is 3. The Hall–Kier alpha value is -2.77. The van der Waals surface area contributed by atoms with Crippen LogP contribution in [0.25, 0.3) is 11.1 Å². The highest BCUT2D eigenvalue weighted by Gasteiger charge is 2.55. The third-order valence-corrected chi connectivity index (χ3v) is 6.87. The molecule has 3 aliphatic rings. The summed E-state index contributed by atoms with van der Waals surface area (Å²) in [7, 11) is 0. The Bertz CT molecular complexity index is 930. The Balaban J connectivity index is 1.25. The van der Waals surface area contributed by atoms with Gasteiger partial charge in [-0.05, 0) is 53.4 Å². The number of carbonyl (C=O) groups is 1. The molecule has 0 aromatic heterocycles. The van der Waals surface area contributed by atoms with Crippen molar-refractivity contribution in [1.29, 1.82) is 0 Å². The van der Waals surface area contributed by atoms with Gasteiger partial charge in [0, 0.05) is 19.1 Å². The molecule has 2 aliphatic carbocycles. The van der Waals surface area contributed by atoms with Crippen LogP contribution in [-0.4, -0.2) is 31.5 Å². The molecule has 1 heterocycles. The van der Waals surface area contributed by atoms with Crippen LogP contribution >= 0.6 is 0 Å². The molecule has 2 fully saturated rings. The van der Waals surface area contributed by atoms with E-state index in [-0.39, 0.29) is 11.3 Å². The number of nitrogens with one attached hydrogen (secondary N) is 1. The van der Waals surface area contributed by atoms with Gasteiger partial charge in [-0.3, -0.25) is 0 Å². The number of benzene rings is 2. The second-order valence-electron chi connectivity index (χ2n) is 8.64. The lowest BCUT2D eigenvalue weighted by molar-refractivity contribution is -0.0627. The van der Waals surface area contributed by atoms with Gasteiger partial charge in [0.15, 0.2) is 0 Å². The number of alkyl carbamates (subject to hydrolysis) is 1. The van der Waals surface area contributed by atoms with Gasteiger partial charge in [-0.2, -0.15) is 0 Å². The van der Waals surface area contributed by atoms with E-state index in [1.807, 2.05) is 24.3 Å². The highest BCUT2D eigenvalue weighted by molar-refractivity contribution is 5.79. The highest BCUT2D eigenvalue weighted by atomic mass is 16.5. The zero-order valence-corrected chi connectivity index (χ0v) is 16.4. The van der Waals surface area contributed by atoms with Gasteiger partial charge in [0.2, 0.25) is 0 Å². The van der Waals surface area contributed by atoms with Crippen molar-refractivity contribution < 1.29 is 14.3 Å². The number of carbonyl (C=O) groups excluding carboxylic acids is 1. The Labute approximate surface area is 171 Å². The standard InChI is InChI=1S/C25H25NO3/c1-2-25(16-24(17-25)11-13-28-14-12-24)26-23(27)29-15-22-20-9-5-3-7-18(20)19-8-4-6-10-21(19)22/h1,3-10,22H,11-17H2,(H,26,27). The van der Waals surface area contributed by atoms with Gasteiger partial charge in [-0.25, -0.2) is 4.79 Å². The van der Waals surface area contributed by atoms with E-state index in [0.29, 0.717) is 6.61 Å². The SMILES string of the molecule is C#CC1(NC(=O)OCC2c3ccccc3-c3ccccc32)CC2(CCOCC2)C1. The molecule has 29 heavy (non-hydrogen) atoms. The van der Waals surface area contributed by atoms with Crippen molar-refractivity contribution in [3.63, 3.8) is 0 Å². The zero-order chi connectivity index (χ0) is 19.9. The first-order valence-corrected chi connectivity index (χ1v) is 10.3. The smallest absolute Gasteiger partial charge is 0.408 e. The maximum Gasteiger partial charge on any atom is 0.408 e. The van der Waals surface area contributed by atoms with Gasteiger partial charge in [0.05, 0.1) is 0 Å². The summed E-state index contributed by atoms with van der Waals surface area (Å²) in [5.74, 6) is 2.88. The third-order valence-electron chi connectivity index (χ3n) is 6.87. The summed E-state index contributed by atoms with van der Waals surface area (Å²) >= 11 is 0. The summed E-state index contributed by atoms with van der Waals surface area (Å²) in [5, 5.41) is 2.98. The maximum absolute atomic E-state index is 12.6. The van der Waals surface area contributed by atoms with Gasteiger partial charge in [0.25, 0.3) is 0 Å². The molecule has 5 rings (SSSR count). The van der Waals surface area contributed by atoms with Crippen molar-refractivity contribution in [2.45, 2.75) is 37.1 Å². The minimum absolute atomic E-state index is 0.0539. The molecule has 4 heteroatoms. The molecule has 0 unspecified atom stereocenters. The number of rotatable bonds is 3. The van der Waals surface area contributed by atoms with Crippen LogP contribution in [0.1, 0.15) is 42.7 Å². The molecule has 0 atom stereocenters. The monoisotopic (exact) mass is 387 g/mol. The quantitative estimate of drug-likeness (QED) is 0.790. The average molecular weight is 387 g/mol. The van der Waals surface area contributed by atoms with E-state index in [4.69, 9.17) is 15.9 Å². The first kappa shape index (κ1) is 18.3. The molecule has 4 nitrogen and oxygen atoms in total. The largest absolute Gasteiger partial charge is 0.449 e. The van der Waals surface area contributed by atoms with E-state index in [0.717, 1.165) is 38.9 Å². The summed E-state index contributed by atoms with van der Waals surface area (Å²) in [6.45, 7) is 1.87. The summed E-state index contributed by atoms with van der Waals surface area (Å²) in [4.78, 5) is 12.6. The minimum Gasteiger partial charge on any atom is -0.449 e. The average Bonchev–Trinajstić information content (AvgIpc) is 3.05. The maximum atomic E-state index is 12.6. The molecule has 1 saturated carbocycles. The van der Waals surface area contributed by atoms with E-state index in [9.17, 15) is 4.79 Å². The van der Waals surface area contributed by atoms with Crippen molar-refractivity contribution in [2.75, 3.05) is 19.8 Å². The lowest BCUT2D eigenvalue weighted by Crippen LogP contribution is -2.62. The highest BCUT2D eigenvalue weighted by Crippen LogP contribution is 2.54. The summed E-state index contributed by atoms with van der Waals surface area (Å²) in [6, 6.07) is 16.7. The van der Waals surface area contributed by atoms with Crippen LogP contribution in [0.15, 0.2) is 48.5 Å². The molecule has 148 valence electrons. The Morgan fingerprint density at radius 1 is 1.07 bits per heavy atom. The van der Waals surface area contributed by atoms with E-state index in [1.54, 1.807) is 0 Å². The van der Waals surface area contributed by atoms with Crippen LogP contribution in [0.4, 0.5) is 4.79 Å². The van der Waals surface area contributed by atoms with E-state index in [1.165, 1.54) is 22.3 Å². The normalized spacial score (nSPS) is 20.8. The Morgan fingerprint density at radius 2 is 1.66 bits per heavy atom. The molecule has 1 spiro atoms. The first-order chi connectivity index (χ1) is 14.1. The molecular formula is C25H25NO3. The van der Waals surface area contributed by atoms with Crippen molar-refractivity contribution in [3.8, 4) is 23.5 Å². The predicted octanol–water partition coefficient (Wildman–Crippen LogP) is 4.49. The third kappa shape index (κ3) is 3.10. The van der Waals surface area contributed by atoms with E-state index >= 15 is 0 Å². The summed E-state index contributed by atoms with van der Waals surface area (Å²) in [6.07, 6.45) is 9.03. The fourth-order valence-electron chi connectivity index (χ4n) is 5.44. The predicted molar refractivity (Wildman–Crippen MR) is 111 cm³/mol. The second kappa shape index (κ2) is 6.93. The van der Waals surface area contributed by atoms with Gasteiger partial charge < -0.3 is 14.8 Å². The topological polar surface area (TPSA) is 47.6 Å². The number of terminal acetylenes is 1. The fraction of sp³-hybridized carbons (Fsp3) is 0.400. The van der Waals surface area contributed by atoms with Gasteiger partial charge >= 0.3 is 6.09 Å². The van der Waals surface area contributed by atoms with Crippen LogP contribution in [0, 0.1) is 17.8 Å². The van der Waals surface area contributed by atoms with Crippen LogP contribution in [0.2, 0.25) is 0 Å². The summed E-state index contributed by atoms with van der Waals surface area (Å²) in [5.41, 5.74) is 4.49. The molecule has 1 aliphatic heterocycles. The van der Waals surface area contributed by atoms with Crippen LogP contribution in [0.3, 0.4) is 0 Å². The van der Waals surface area contributed by atoms with Crippen LogP contribution in [0.5, 0.6) is 0 Å². The van der Waals surface area contributed by atoms with Crippen molar-refractivity contribution in [1.82, 2.24) is 5.32 Å². The lowest BCUT2D eigenvalue weighted by atomic mass is 9.54. The van der Waals surface area contributed by atoms with Crippen molar-refractivity contribution in [2.24, 2.45) is 5.41 Å². The number of ether oxygens (including phenoxy) is 2. The zero-order valence-electron chi connectivity index (χ0n) is 16.4. The molecule has 2 aromatic carbocycles. The van der Waals surface area contributed by atoms with Crippen molar-refractivity contribution >= 4 is 6.09 Å². The molecule has 2 aromatic rings. The van der Waals surface area contributed by atoms with Crippen LogP contribution in [-0.2, 0) is 9.47 Å². The Morgan fingerprint density at radius 3 is 2.24 bits per heavy atom. The lowest BCUT2D eigenvalue weighted by Gasteiger charge is -2.55. The Kier molecular flexibility index (Phi) is 4.37. The second-order valence-corrected chi connectivity index (χ2v) is 8.64. The fourth-order valence-corrected chi connectivity index (χ4v) is 5.44. The molecule has 0 bridgehead atoms. The van der Waals surface area contributed by atoms with Gasteiger partial charge in [-0.15, -0.1) is 6.42 Å². The first-order valence-electron chi connectivity index (χ1n) is 10.3. The van der Waals surface area contributed by atoms with Gasteiger partial charge in [-0.1, -0.05) is 54.5 Å². The van der Waals surface area contributed by atoms with Gasteiger partial charge in [0.1, 0.15) is 12.1 Å². The van der Waals surface area contributed by atoms with E-state index < -0.39 is 11.6 Å². The van der Waals surface area contributed by atoms with Crippen molar-refractivity contribution in [3.05, 3.63) is 59.7 Å². The molecular weight excluding hydrogens is 362 g/mol. The number of hydrogen-bond donors (Lipinski definition) is 1. The van der Waals surface area contributed by atoms with Crippen LogP contribution < -0.4 is 5.32 Å². The van der Waals surface area contributed by atoms with E-state index in [2.05, 4.69) is 35.5 Å². The number of amides is 1. The molecule has 1 saturated heterocycles. The molecule has 1 amide bonds. The molecule has 1 N–H and O–H groups in total. The summed E-state index contributed by atoms with van der Waals surface area (Å²) < 4.78 is 11.2. The number of fused-ring (bicyclic) bond motifs is 3. The molecule has 0 radical (unpaired) electrons. The minimum atomic E-state index is -0.583.